The van der Waals surface area contributed by atoms with Crippen LogP contribution in [0.3, 0.4) is 0 Å². The summed E-state index contributed by atoms with van der Waals surface area (Å²) in [5.74, 6) is -1.35. The first-order valence-corrected chi connectivity index (χ1v) is 9.64. The molecule has 0 N–H and O–H groups in total. The zero-order valence-corrected chi connectivity index (χ0v) is 19.7. The van der Waals surface area contributed by atoms with E-state index in [1.165, 1.54) is 0 Å². The number of carbonyl (C=O) groups is 1. The fraction of sp³-hybridized carbons (Fsp3) is 0.522. The Kier molecular flexibility index (Phi) is 12.2. The first kappa shape index (κ1) is 26.5. The van der Waals surface area contributed by atoms with Crippen LogP contribution in [0.25, 0.3) is 0 Å². The zero-order chi connectivity index (χ0) is 20.6. The van der Waals surface area contributed by atoms with Crippen molar-refractivity contribution in [3.8, 4) is 11.5 Å². The van der Waals surface area contributed by atoms with Crippen LogP contribution >= 0.6 is 0 Å². The van der Waals surface area contributed by atoms with E-state index in [4.69, 9.17) is 4.74 Å². The average molecular weight is 397 g/mol. The van der Waals surface area contributed by atoms with Crippen molar-refractivity contribution in [1.29, 1.82) is 0 Å². The standard InChI is InChI=1S/C23H34O4.Mg/c1-7-8-9-10-17-18(13-11-15(2)3)22(27-6)19(14-12-16(4)5)21(24)20(17)23(25)26;/h11-12,24H,7-10,13-14H2,1-6H3,(H,25,26);/q;+2/p-2. The third-order valence-electron chi connectivity index (χ3n) is 4.58. The quantitative estimate of drug-likeness (QED) is 0.345. The number of allylic oxidation sites excluding steroid dienone is 4. The Morgan fingerprint density at radius 3 is 1.93 bits per heavy atom. The van der Waals surface area contributed by atoms with Crippen LogP contribution in [0.5, 0.6) is 11.5 Å². The topological polar surface area (TPSA) is 72.4 Å². The van der Waals surface area contributed by atoms with Crippen molar-refractivity contribution in [2.75, 3.05) is 7.11 Å². The number of hydrogen-bond donors (Lipinski definition) is 0. The molecular weight excluding hydrogens is 365 g/mol. The molecule has 1 rings (SSSR count). The molecular formula is C23H32MgO4. The Morgan fingerprint density at radius 1 is 0.964 bits per heavy atom. The van der Waals surface area contributed by atoms with Crippen LogP contribution < -0.4 is 14.9 Å². The normalized spacial score (nSPS) is 10.1. The van der Waals surface area contributed by atoms with Gasteiger partial charge >= 0.3 is 23.1 Å². The molecule has 0 amide bonds. The maximum atomic E-state index is 13.0. The predicted molar refractivity (Wildman–Crippen MR) is 112 cm³/mol. The number of carbonyl (C=O) groups excluding carboxylic acids is 1. The molecule has 0 fully saturated rings. The van der Waals surface area contributed by atoms with Gasteiger partial charge in [-0.15, -0.1) is 0 Å². The number of carboxylic acid groups (broad SMARTS) is 1. The summed E-state index contributed by atoms with van der Waals surface area (Å²) in [4.78, 5) is 11.9. The maximum absolute atomic E-state index is 13.0. The van der Waals surface area contributed by atoms with Gasteiger partial charge in [-0.1, -0.05) is 48.8 Å². The van der Waals surface area contributed by atoms with Gasteiger partial charge in [0, 0.05) is 5.56 Å². The molecule has 0 aliphatic heterocycles. The molecule has 0 atom stereocenters. The van der Waals surface area contributed by atoms with Gasteiger partial charge in [-0.25, -0.2) is 0 Å². The number of hydrogen-bond acceptors (Lipinski definition) is 4. The second-order valence-electron chi connectivity index (χ2n) is 7.39. The summed E-state index contributed by atoms with van der Waals surface area (Å²) >= 11 is 0. The zero-order valence-electron chi connectivity index (χ0n) is 18.2. The molecule has 0 saturated carbocycles. The second-order valence-corrected chi connectivity index (χ2v) is 7.39. The van der Waals surface area contributed by atoms with Crippen LogP contribution in [0.1, 0.15) is 80.9 Å². The minimum Gasteiger partial charge on any atom is -0.872 e. The summed E-state index contributed by atoms with van der Waals surface area (Å²) < 4.78 is 5.63. The van der Waals surface area contributed by atoms with Crippen LogP contribution in [0.4, 0.5) is 0 Å². The Hall–Kier alpha value is -1.46. The van der Waals surface area contributed by atoms with Gasteiger partial charge < -0.3 is 19.7 Å². The third-order valence-corrected chi connectivity index (χ3v) is 4.58. The molecule has 150 valence electrons. The third kappa shape index (κ3) is 7.17. The van der Waals surface area contributed by atoms with Crippen molar-refractivity contribution in [2.24, 2.45) is 0 Å². The fourth-order valence-electron chi connectivity index (χ4n) is 3.16. The van der Waals surface area contributed by atoms with Crippen LogP contribution in [-0.2, 0) is 19.3 Å². The summed E-state index contributed by atoms with van der Waals surface area (Å²) in [5.41, 5.74) is 3.76. The molecule has 0 bridgehead atoms. The van der Waals surface area contributed by atoms with E-state index in [9.17, 15) is 15.0 Å². The summed E-state index contributed by atoms with van der Waals surface area (Å²) in [7, 11) is 1.54. The minimum absolute atomic E-state index is 0. The van der Waals surface area contributed by atoms with E-state index < -0.39 is 11.7 Å². The Balaban J connectivity index is 0.00000729. The first-order valence-electron chi connectivity index (χ1n) is 9.64. The molecule has 1 aromatic rings. The SMILES string of the molecule is CCCCCc1c(CC=C(C)C)c(OC)c(CC=C(C)C)c([O-])c1C(=O)[O-].[Mg+2]. The molecule has 0 spiro atoms. The van der Waals surface area contributed by atoms with Gasteiger partial charge in [-0.3, -0.25) is 0 Å². The first-order chi connectivity index (χ1) is 12.7. The molecule has 0 saturated heterocycles. The van der Waals surface area contributed by atoms with Crippen LogP contribution in [0.15, 0.2) is 23.3 Å². The number of methoxy groups -OCH3 is 1. The smallest absolute Gasteiger partial charge is 0.872 e. The largest absolute Gasteiger partial charge is 2.00 e. The summed E-state index contributed by atoms with van der Waals surface area (Å²) in [6, 6.07) is 0. The van der Waals surface area contributed by atoms with E-state index in [0.29, 0.717) is 36.1 Å². The summed E-state index contributed by atoms with van der Waals surface area (Å²) in [6.07, 6.45) is 8.20. The second kappa shape index (κ2) is 12.9. The number of carboxylic acids is 1. The molecule has 4 nitrogen and oxygen atoms in total. The predicted octanol–water partition coefficient (Wildman–Crippen LogP) is 3.50. The fourth-order valence-corrected chi connectivity index (χ4v) is 3.16. The monoisotopic (exact) mass is 396 g/mol. The Labute approximate surface area is 185 Å². The minimum atomic E-state index is -1.40. The average Bonchev–Trinajstić information content (AvgIpc) is 2.58. The van der Waals surface area contributed by atoms with Crippen molar-refractivity contribution in [3.05, 3.63) is 45.6 Å². The molecule has 1 aromatic carbocycles. The molecule has 28 heavy (non-hydrogen) atoms. The molecule has 5 heteroatoms. The molecule has 0 unspecified atom stereocenters. The molecule has 0 aliphatic rings. The van der Waals surface area contributed by atoms with Gasteiger partial charge in [0.05, 0.1) is 13.1 Å². The Morgan fingerprint density at radius 2 is 1.50 bits per heavy atom. The van der Waals surface area contributed by atoms with Crippen LogP contribution in [0.2, 0.25) is 0 Å². The van der Waals surface area contributed by atoms with E-state index >= 15 is 0 Å². The van der Waals surface area contributed by atoms with E-state index in [1.807, 2.05) is 39.8 Å². The number of unbranched alkanes of at least 4 members (excludes halogenated alkanes) is 2. The summed E-state index contributed by atoms with van der Waals surface area (Å²) in [6.45, 7) is 9.97. The number of rotatable bonds is 10. The molecule has 0 aliphatic carbocycles. The number of benzene rings is 1. The van der Waals surface area contributed by atoms with Gasteiger partial charge in [0.15, 0.2) is 0 Å². The van der Waals surface area contributed by atoms with Crippen molar-refractivity contribution in [2.45, 2.75) is 73.1 Å². The van der Waals surface area contributed by atoms with Crippen LogP contribution in [-0.4, -0.2) is 36.1 Å². The van der Waals surface area contributed by atoms with Gasteiger partial charge in [0.25, 0.3) is 0 Å². The van der Waals surface area contributed by atoms with Gasteiger partial charge in [-0.2, -0.15) is 0 Å². The summed E-state index contributed by atoms with van der Waals surface area (Å²) in [5, 5.41) is 24.9. The van der Waals surface area contributed by atoms with E-state index in [1.54, 1.807) is 7.11 Å². The van der Waals surface area contributed by atoms with Crippen molar-refractivity contribution < 1.29 is 19.7 Å². The van der Waals surface area contributed by atoms with Crippen molar-refractivity contribution in [3.63, 3.8) is 0 Å². The number of aromatic carboxylic acids is 1. The molecule has 0 heterocycles. The van der Waals surface area contributed by atoms with Gasteiger partial charge in [0.2, 0.25) is 0 Å². The van der Waals surface area contributed by atoms with E-state index in [-0.39, 0.29) is 28.6 Å². The Bertz CT molecular complexity index is 725. The van der Waals surface area contributed by atoms with Gasteiger partial charge in [-0.05, 0) is 70.1 Å². The molecule has 0 radical (unpaired) electrons. The van der Waals surface area contributed by atoms with Crippen molar-refractivity contribution in [1.82, 2.24) is 0 Å². The van der Waals surface area contributed by atoms with E-state index in [2.05, 4.69) is 6.92 Å². The number of ether oxygens (including phenoxy) is 1. The van der Waals surface area contributed by atoms with Crippen molar-refractivity contribution >= 4 is 29.0 Å². The van der Waals surface area contributed by atoms with E-state index in [0.717, 1.165) is 36.0 Å². The van der Waals surface area contributed by atoms with Crippen LogP contribution in [0, 0.1) is 0 Å². The maximum Gasteiger partial charge on any atom is 2.00 e. The van der Waals surface area contributed by atoms with Gasteiger partial charge in [0.1, 0.15) is 5.75 Å². The molecule has 0 aromatic heterocycles.